The van der Waals surface area contributed by atoms with E-state index < -0.39 is 0 Å². The molecule has 1 aromatic heterocycles. The summed E-state index contributed by atoms with van der Waals surface area (Å²) >= 11 is 0. The highest BCUT2D eigenvalue weighted by atomic mass is 127. The van der Waals surface area contributed by atoms with Gasteiger partial charge in [0, 0.05) is 25.5 Å². The molecule has 0 aliphatic heterocycles. The normalized spacial score (nSPS) is 10.8. The van der Waals surface area contributed by atoms with Crippen LogP contribution in [0.2, 0.25) is 0 Å². The third-order valence-corrected chi connectivity index (χ3v) is 4.84. The minimum atomic E-state index is 0. The first kappa shape index (κ1) is 26.3. The molecule has 0 bridgehead atoms. The molecule has 33 heavy (non-hydrogen) atoms. The van der Waals surface area contributed by atoms with E-state index in [9.17, 15) is 0 Å². The molecule has 0 aliphatic rings. The Morgan fingerprint density at radius 3 is 2.27 bits per heavy atom. The van der Waals surface area contributed by atoms with E-state index in [0.29, 0.717) is 30.3 Å². The minimum absolute atomic E-state index is 0. The number of benzene rings is 2. The number of nitrogens with zero attached hydrogens (tertiary/aromatic N) is 3. The number of aromatic nitrogens is 2. The van der Waals surface area contributed by atoms with Crippen LogP contribution in [0.3, 0.4) is 0 Å². The van der Waals surface area contributed by atoms with Crippen LogP contribution in [0.4, 0.5) is 0 Å². The molecule has 0 spiro atoms. The van der Waals surface area contributed by atoms with Crippen LogP contribution in [0, 0.1) is 0 Å². The van der Waals surface area contributed by atoms with Gasteiger partial charge in [0.25, 0.3) is 0 Å². The van der Waals surface area contributed by atoms with Crippen LogP contribution in [0.15, 0.2) is 59.9 Å². The Kier molecular flexibility index (Phi) is 10.8. The fraction of sp³-hybridized carbons (Fsp3) is 0.333. The monoisotopic (exact) mass is 565 g/mol. The predicted octanol–water partition coefficient (Wildman–Crippen LogP) is 3.83. The van der Waals surface area contributed by atoms with Crippen LogP contribution in [0.1, 0.15) is 23.6 Å². The Hall–Kier alpha value is -2.95. The van der Waals surface area contributed by atoms with E-state index in [4.69, 9.17) is 19.2 Å². The van der Waals surface area contributed by atoms with Crippen molar-refractivity contribution < 1.29 is 14.2 Å². The minimum Gasteiger partial charge on any atom is -0.493 e. The number of hydrogen-bond acceptors (Lipinski definition) is 5. The van der Waals surface area contributed by atoms with E-state index in [1.165, 1.54) is 11.1 Å². The fourth-order valence-electron chi connectivity index (χ4n) is 3.34. The second-order valence-corrected chi connectivity index (χ2v) is 7.11. The largest absolute Gasteiger partial charge is 0.493 e. The first-order valence-corrected chi connectivity index (χ1v) is 10.5. The van der Waals surface area contributed by atoms with Crippen LogP contribution in [0.25, 0.3) is 0 Å². The second kappa shape index (κ2) is 13.6. The number of hydrogen-bond donors (Lipinski definition) is 2. The van der Waals surface area contributed by atoms with Crippen molar-refractivity contribution in [2.24, 2.45) is 4.99 Å². The number of nitrogens with one attached hydrogen (secondary N) is 2. The Morgan fingerprint density at radius 1 is 0.939 bits per heavy atom. The van der Waals surface area contributed by atoms with E-state index in [0.717, 1.165) is 24.6 Å². The van der Waals surface area contributed by atoms with E-state index in [2.05, 4.69) is 40.0 Å². The number of halogens is 1. The van der Waals surface area contributed by atoms with E-state index >= 15 is 0 Å². The zero-order valence-corrected chi connectivity index (χ0v) is 21.8. The second-order valence-electron chi connectivity index (χ2n) is 7.11. The quantitative estimate of drug-likeness (QED) is 0.221. The molecule has 0 atom stereocenters. The van der Waals surface area contributed by atoms with E-state index in [1.807, 2.05) is 36.0 Å². The molecular formula is C24H32IN5O3. The molecule has 0 radical (unpaired) electrons. The molecule has 8 nitrogen and oxygen atoms in total. The van der Waals surface area contributed by atoms with Gasteiger partial charge in [0.1, 0.15) is 0 Å². The van der Waals surface area contributed by atoms with Crippen molar-refractivity contribution in [1.82, 2.24) is 20.4 Å². The predicted molar refractivity (Wildman–Crippen MR) is 141 cm³/mol. The number of guanidine groups is 1. The zero-order chi connectivity index (χ0) is 22.8. The highest BCUT2D eigenvalue weighted by Crippen LogP contribution is 2.38. The molecular weight excluding hydrogens is 533 g/mol. The van der Waals surface area contributed by atoms with Crippen LogP contribution in [-0.4, -0.2) is 43.6 Å². The van der Waals surface area contributed by atoms with Gasteiger partial charge >= 0.3 is 0 Å². The lowest BCUT2D eigenvalue weighted by molar-refractivity contribution is 0.324. The van der Waals surface area contributed by atoms with Gasteiger partial charge < -0.3 is 24.8 Å². The van der Waals surface area contributed by atoms with Crippen molar-refractivity contribution in [3.05, 3.63) is 71.5 Å². The SMILES string of the molecule is CCNC(=NCc1cc(OC)c(OC)c(OC)c1)NCc1cccc(Cn2cccn2)c1.I. The van der Waals surface area contributed by atoms with Gasteiger partial charge in [0.2, 0.25) is 5.75 Å². The van der Waals surface area contributed by atoms with Gasteiger partial charge in [0.15, 0.2) is 17.5 Å². The lowest BCUT2D eigenvalue weighted by Gasteiger charge is -2.14. The maximum Gasteiger partial charge on any atom is 0.203 e. The molecule has 3 rings (SSSR count). The third kappa shape index (κ3) is 7.55. The van der Waals surface area contributed by atoms with Crippen LogP contribution in [0.5, 0.6) is 17.2 Å². The average molecular weight is 565 g/mol. The summed E-state index contributed by atoms with van der Waals surface area (Å²) in [5.41, 5.74) is 3.33. The Bertz CT molecular complexity index is 1000. The summed E-state index contributed by atoms with van der Waals surface area (Å²) in [5.74, 6) is 2.54. The van der Waals surface area contributed by atoms with Gasteiger partial charge in [0.05, 0.1) is 34.4 Å². The summed E-state index contributed by atoms with van der Waals surface area (Å²) < 4.78 is 18.2. The Morgan fingerprint density at radius 2 is 1.67 bits per heavy atom. The Labute approximate surface area is 212 Å². The first-order valence-electron chi connectivity index (χ1n) is 10.5. The lowest BCUT2D eigenvalue weighted by atomic mass is 10.1. The van der Waals surface area contributed by atoms with Crippen molar-refractivity contribution in [3.8, 4) is 17.2 Å². The standard InChI is InChI=1S/C24H31N5O3.HI/c1-5-25-24(27-16-20-13-21(30-2)23(32-4)22(14-20)31-3)26-15-18-8-6-9-19(12-18)17-29-11-7-10-28-29;/h6-14H,5,15-17H2,1-4H3,(H2,25,26,27);1H. The maximum atomic E-state index is 5.44. The summed E-state index contributed by atoms with van der Waals surface area (Å²) in [6.07, 6.45) is 3.75. The molecule has 2 N–H and O–H groups in total. The van der Waals surface area contributed by atoms with Crippen molar-refractivity contribution in [1.29, 1.82) is 0 Å². The van der Waals surface area contributed by atoms with Gasteiger partial charge in [-0.2, -0.15) is 5.10 Å². The van der Waals surface area contributed by atoms with Crippen molar-refractivity contribution in [2.75, 3.05) is 27.9 Å². The van der Waals surface area contributed by atoms with Gasteiger partial charge in [-0.05, 0) is 41.8 Å². The first-order chi connectivity index (χ1) is 15.7. The smallest absolute Gasteiger partial charge is 0.203 e. The molecule has 3 aromatic rings. The molecule has 0 saturated heterocycles. The highest BCUT2D eigenvalue weighted by Gasteiger charge is 2.13. The number of methoxy groups -OCH3 is 3. The van der Waals surface area contributed by atoms with Crippen molar-refractivity contribution in [2.45, 2.75) is 26.6 Å². The Balaban J connectivity index is 0.00000385. The van der Waals surface area contributed by atoms with Gasteiger partial charge in [-0.25, -0.2) is 4.99 Å². The van der Waals surface area contributed by atoms with Gasteiger partial charge in [-0.15, -0.1) is 24.0 Å². The maximum absolute atomic E-state index is 5.44. The van der Waals surface area contributed by atoms with Crippen LogP contribution >= 0.6 is 24.0 Å². The van der Waals surface area contributed by atoms with Crippen LogP contribution in [-0.2, 0) is 19.6 Å². The lowest BCUT2D eigenvalue weighted by Crippen LogP contribution is -2.36. The third-order valence-electron chi connectivity index (χ3n) is 4.84. The summed E-state index contributed by atoms with van der Waals surface area (Å²) in [5, 5.41) is 11.0. The molecule has 0 aliphatic carbocycles. The van der Waals surface area contributed by atoms with Crippen LogP contribution < -0.4 is 24.8 Å². The van der Waals surface area contributed by atoms with E-state index in [1.54, 1.807) is 27.5 Å². The molecule has 0 amide bonds. The van der Waals surface area contributed by atoms with E-state index in [-0.39, 0.29) is 24.0 Å². The summed E-state index contributed by atoms with van der Waals surface area (Å²) in [6.45, 7) is 4.68. The fourth-order valence-corrected chi connectivity index (χ4v) is 3.34. The van der Waals surface area contributed by atoms with Crippen molar-refractivity contribution >= 4 is 29.9 Å². The van der Waals surface area contributed by atoms with Gasteiger partial charge in [-0.3, -0.25) is 4.68 Å². The topological polar surface area (TPSA) is 81.9 Å². The molecule has 9 heteroatoms. The molecule has 178 valence electrons. The summed E-state index contributed by atoms with van der Waals surface area (Å²) in [6, 6.07) is 14.2. The molecule has 0 unspecified atom stereocenters. The molecule has 0 fully saturated rings. The summed E-state index contributed by atoms with van der Waals surface area (Å²) in [4.78, 5) is 4.72. The highest BCUT2D eigenvalue weighted by molar-refractivity contribution is 14.0. The van der Waals surface area contributed by atoms with Crippen molar-refractivity contribution in [3.63, 3.8) is 0 Å². The molecule has 2 aromatic carbocycles. The number of rotatable bonds is 10. The average Bonchev–Trinajstić information content (AvgIpc) is 3.33. The van der Waals surface area contributed by atoms with Gasteiger partial charge in [-0.1, -0.05) is 24.3 Å². The molecule has 1 heterocycles. The number of ether oxygens (including phenoxy) is 3. The molecule has 0 saturated carbocycles. The number of aliphatic imine (C=N–C) groups is 1. The zero-order valence-electron chi connectivity index (χ0n) is 19.5. The summed E-state index contributed by atoms with van der Waals surface area (Å²) in [7, 11) is 4.81.